The van der Waals surface area contributed by atoms with Gasteiger partial charge in [-0.1, -0.05) is 12.1 Å². The smallest absolute Gasteiger partial charge is 0.255 e. The van der Waals surface area contributed by atoms with Crippen molar-refractivity contribution >= 4 is 23.4 Å². The fourth-order valence-electron chi connectivity index (χ4n) is 2.87. The number of thioether (sulfide) groups is 1. The second kappa shape index (κ2) is 8.14. The Bertz CT molecular complexity index is 799. The van der Waals surface area contributed by atoms with Gasteiger partial charge in [0.15, 0.2) is 17.5 Å². The van der Waals surface area contributed by atoms with Gasteiger partial charge in [0.25, 0.3) is 5.91 Å². The first kappa shape index (κ1) is 18.8. The molecule has 1 heterocycles. The van der Waals surface area contributed by atoms with E-state index < -0.39 is 23.4 Å². The van der Waals surface area contributed by atoms with Crippen molar-refractivity contribution in [2.75, 3.05) is 29.9 Å². The predicted octanol–water partition coefficient (Wildman–Crippen LogP) is 4.21. The summed E-state index contributed by atoms with van der Waals surface area (Å²) in [6.45, 7) is 4.73. The van der Waals surface area contributed by atoms with Crippen LogP contribution >= 0.6 is 11.8 Å². The highest BCUT2D eigenvalue weighted by molar-refractivity contribution is 7.99. The van der Waals surface area contributed by atoms with Gasteiger partial charge in [0.1, 0.15) is 0 Å². The molecule has 7 heteroatoms. The van der Waals surface area contributed by atoms with Crippen molar-refractivity contribution in [3.05, 3.63) is 64.5 Å². The fourth-order valence-corrected chi connectivity index (χ4v) is 3.85. The molecule has 1 N–H and O–H groups in total. The minimum atomic E-state index is -1.58. The van der Waals surface area contributed by atoms with Gasteiger partial charge in [-0.3, -0.25) is 9.69 Å². The molecule has 1 amide bonds. The van der Waals surface area contributed by atoms with Crippen LogP contribution in [0, 0.1) is 24.4 Å². The quantitative estimate of drug-likeness (QED) is 0.807. The average molecular weight is 380 g/mol. The van der Waals surface area contributed by atoms with Gasteiger partial charge in [-0.2, -0.15) is 11.8 Å². The number of benzene rings is 2. The normalized spacial score (nSPS) is 15.1. The molecular weight excluding hydrogens is 361 g/mol. The van der Waals surface area contributed by atoms with E-state index in [1.54, 1.807) is 6.07 Å². The van der Waals surface area contributed by atoms with E-state index in [1.807, 2.05) is 30.8 Å². The van der Waals surface area contributed by atoms with Gasteiger partial charge in [0.2, 0.25) is 0 Å². The first-order valence-corrected chi connectivity index (χ1v) is 9.45. The molecule has 3 nitrogen and oxygen atoms in total. The molecule has 0 atom stereocenters. The van der Waals surface area contributed by atoms with Crippen LogP contribution in [0.25, 0.3) is 0 Å². The van der Waals surface area contributed by atoms with Crippen molar-refractivity contribution in [2.24, 2.45) is 0 Å². The lowest BCUT2D eigenvalue weighted by Crippen LogP contribution is -2.32. The molecule has 1 saturated heterocycles. The monoisotopic (exact) mass is 380 g/mol. The van der Waals surface area contributed by atoms with Gasteiger partial charge in [-0.05, 0) is 36.2 Å². The Hall–Kier alpha value is -1.99. The van der Waals surface area contributed by atoms with Crippen LogP contribution in [-0.4, -0.2) is 35.4 Å². The van der Waals surface area contributed by atoms with E-state index in [2.05, 4.69) is 10.2 Å². The maximum Gasteiger partial charge on any atom is 0.255 e. The summed E-state index contributed by atoms with van der Waals surface area (Å²) < 4.78 is 39.7. The molecule has 1 fully saturated rings. The van der Waals surface area contributed by atoms with Crippen molar-refractivity contribution < 1.29 is 18.0 Å². The Morgan fingerprint density at radius 3 is 2.46 bits per heavy atom. The van der Waals surface area contributed by atoms with E-state index >= 15 is 0 Å². The van der Waals surface area contributed by atoms with Crippen molar-refractivity contribution in [3.63, 3.8) is 0 Å². The Balaban J connectivity index is 1.77. The van der Waals surface area contributed by atoms with Crippen molar-refractivity contribution in [3.8, 4) is 0 Å². The summed E-state index contributed by atoms with van der Waals surface area (Å²) in [5.41, 5.74) is 2.30. The molecule has 0 radical (unpaired) electrons. The first-order valence-electron chi connectivity index (χ1n) is 8.30. The third-order valence-corrected chi connectivity index (χ3v) is 5.38. The van der Waals surface area contributed by atoms with Gasteiger partial charge < -0.3 is 5.32 Å². The van der Waals surface area contributed by atoms with Crippen LogP contribution in [0.4, 0.5) is 18.9 Å². The standard InChI is InChI=1S/C19H19F3N2OS/c1-12-13(11-24-5-7-26-8-6-24)3-2-4-17(12)23-19(25)14-9-15(20)18(22)16(21)10-14/h2-4,9-10H,5-8,11H2,1H3,(H,23,25). The molecule has 1 aliphatic heterocycles. The van der Waals surface area contributed by atoms with Gasteiger partial charge in [0.05, 0.1) is 0 Å². The summed E-state index contributed by atoms with van der Waals surface area (Å²) in [4.78, 5) is 14.7. The number of carbonyl (C=O) groups excluding carboxylic acids is 1. The van der Waals surface area contributed by atoms with Crippen molar-refractivity contribution in [1.29, 1.82) is 0 Å². The highest BCUT2D eigenvalue weighted by Crippen LogP contribution is 2.23. The number of halogens is 3. The van der Waals surface area contributed by atoms with E-state index in [-0.39, 0.29) is 5.56 Å². The lowest BCUT2D eigenvalue weighted by Gasteiger charge is -2.27. The molecule has 3 rings (SSSR count). The maximum absolute atomic E-state index is 13.3. The van der Waals surface area contributed by atoms with E-state index in [1.165, 1.54) is 0 Å². The molecule has 138 valence electrons. The van der Waals surface area contributed by atoms with Crippen LogP contribution in [-0.2, 0) is 6.54 Å². The number of rotatable bonds is 4. The van der Waals surface area contributed by atoms with Gasteiger partial charge >= 0.3 is 0 Å². The second-order valence-corrected chi connectivity index (χ2v) is 7.41. The Morgan fingerprint density at radius 2 is 1.81 bits per heavy atom. The van der Waals surface area contributed by atoms with Crippen LogP contribution in [0.5, 0.6) is 0 Å². The van der Waals surface area contributed by atoms with Crippen LogP contribution in [0.2, 0.25) is 0 Å². The van der Waals surface area contributed by atoms with Crippen LogP contribution in [0.1, 0.15) is 21.5 Å². The summed E-state index contributed by atoms with van der Waals surface area (Å²) >= 11 is 1.94. The number of hydrogen-bond donors (Lipinski definition) is 1. The van der Waals surface area contributed by atoms with Crippen LogP contribution < -0.4 is 5.32 Å². The molecule has 0 unspecified atom stereocenters. The van der Waals surface area contributed by atoms with E-state index in [4.69, 9.17) is 0 Å². The molecule has 0 spiro atoms. The number of carbonyl (C=O) groups is 1. The lowest BCUT2D eigenvalue weighted by molar-refractivity contribution is 0.102. The molecule has 0 aromatic heterocycles. The zero-order valence-corrected chi connectivity index (χ0v) is 15.1. The van der Waals surface area contributed by atoms with E-state index in [0.717, 1.165) is 42.3 Å². The minimum absolute atomic E-state index is 0.265. The highest BCUT2D eigenvalue weighted by Gasteiger charge is 2.17. The number of nitrogens with zero attached hydrogens (tertiary/aromatic N) is 1. The topological polar surface area (TPSA) is 32.3 Å². The van der Waals surface area contributed by atoms with Crippen molar-refractivity contribution in [1.82, 2.24) is 4.90 Å². The second-order valence-electron chi connectivity index (χ2n) is 6.19. The van der Waals surface area contributed by atoms with Gasteiger partial charge in [-0.15, -0.1) is 0 Å². The highest BCUT2D eigenvalue weighted by atomic mass is 32.2. The number of amides is 1. The van der Waals surface area contributed by atoms with Crippen LogP contribution in [0.3, 0.4) is 0 Å². The van der Waals surface area contributed by atoms with E-state index in [0.29, 0.717) is 17.8 Å². The Morgan fingerprint density at radius 1 is 1.15 bits per heavy atom. The molecule has 2 aromatic carbocycles. The molecule has 1 aliphatic rings. The lowest BCUT2D eigenvalue weighted by atomic mass is 10.1. The minimum Gasteiger partial charge on any atom is -0.322 e. The molecule has 2 aromatic rings. The zero-order valence-electron chi connectivity index (χ0n) is 14.3. The van der Waals surface area contributed by atoms with E-state index in [9.17, 15) is 18.0 Å². The zero-order chi connectivity index (χ0) is 18.7. The third kappa shape index (κ3) is 4.22. The third-order valence-electron chi connectivity index (χ3n) is 4.44. The number of nitrogens with one attached hydrogen (secondary N) is 1. The molecular formula is C19H19F3N2OS. The summed E-state index contributed by atoms with van der Waals surface area (Å²) in [6.07, 6.45) is 0. The summed E-state index contributed by atoms with van der Waals surface area (Å²) in [7, 11) is 0. The van der Waals surface area contributed by atoms with Gasteiger partial charge in [-0.25, -0.2) is 13.2 Å². The maximum atomic E-state index is 13.3. The Labute approximate surface area is 154 Å². The summed E-state index contributed by atoms with van der Waals surface area (Å²) in [6, 6.07) is 6.96. The number of anilines is 1. The average Bonchev–Trinajstić information content (AvgIpc) is 2.63. The van der Waals surface area contributed by atoms with Crippen LogP contribution in [0.15, 0.2) is 30.3 Å². The predicted molar refractivity (Wildman–Crippen MR) is 98.1 cm³/mol. The van der Waals surface area contributed by atoms with Crippen molar-refractivity contribution in [2.45, 2.75) is 13.5 Å². The molecule has 26 heavy (non-hydrogen) atoms. The largest absolute Gasteiger partial charge is 0.322 e. The summed E-state index contributed by atoms with van der Waals surface area (Å²) in [5, 5.41) is 2.66. The summed E-state index contributed by atoms with van der Waals surface area (Å²) in [5.74, 6) is -2.82. The SMILES string of the molecule is Cc1c(CN2CCSCC2)cccc1NC(=O)c1cc(F)c(F)c(F)c1. The number of hydrogen-bond acceptors (Lipinski definition) is 3. The Kier molecular flexibility index (Phi) is 5.88. The molecule has 0 aliphatic carbocycles. The molecule has 0 saturated carbocycles. The first-order chi connectivity index (χ1) is 12.5. The molecule has 0 bridgehead atoms. The van der Waals surface area contributed by atoms with Gasteiger partial charge in [0, 0.05) is 42.4 Å². The fraction of sp³-hybridized carbons (Fsp3) is 0.316.